The number of unbranched alkanes of at least 4 members (excludes halogenated alkanes) is 4. The second-order valence-electron chi connectivity index (χ2n) is 9.35. The minimum atomic E-state index is -2.95. The van der Waals surface area contributed by atoms with E-state index < -0.39 is 14.6 Å². The molecule has 0 N–H and O–H groups in total. The maximum Gasteiger partial charge on any atom is 0.155 e. The maximum absolute atomic E-state index is 12.1. The molecule has 0 bridgehead atoms. The number of fused-ring (bicyclic) bond motifs is 1. The third kappa shape index (κ3) is 4.91. The number of benzene rings is 1. The minimum absolute atomic E-state index is 0.329. The lowest BCUT2D eigenvalue weighted by atomic mass is 9.91. The maximum atomic E-state index is 12.1. The average Bonchev–Trinajstić information content (AvgIpc) is 2.77. The predicted molar refractivity (Wildman–Crippen MR) is 113 cm³/mol. The van der Waals surface area contributed by atoms with Gasteiger partial charge in [0.15, 0.2) is 9.84 Å². The van der Waals surface area contributed by atoms with Gasteiger partial charge in [-0.05, 0) is 74.5 Å². The van der Waals surface area contributed by atoms with Crippen LogP contribution in [0.15, 0.2) is 18.2 Å². The van der Waals surface area contributed by atoms with Crippen LogP contribution in [0.1, 0.15) is 102 Å². The summed E-state index contributed by atoms with van der Waals surface area (Å²) in [7, 11) is -2.95. The molecule has 26 heavy (non-hydrogen) atoms. The second kappa shape index (κ2) is 8.46. The van der Waals surface area contributed by atoms with Crippen molar-refractivity contribution in [2.75, 3.05) is 5.75 Å². The Balaban J connectivity index is 1.70. The Bertz CT molecular complexity index is 697. The van der Waals surface area contributed by atoms with Gasteiger partial charge in [-0.15, -0.1) is 0 Å². The molecule has 0 saturated heterocycles. The monoisotopic (exact) mass is 378 g/mol. The fraction of sp³-hybridized carbons (Fsp3) is 0.739. The lowest BCUT2D eigenvalue weighted by Crippen LogP contribution is -2.30. The molecule has 3 heteroatoms. The van der Waals surface area contributed by atoms with Gasteiger partial charge < -0.3 is 0 Å². The van der Waals surface area contributed by atoms with Gasteiger partial charge in [0.25, 0.3) is 0 Å². The van der Waals surface area contributed by atoms with Crippen molar-refractivity contribution in [1.82, 2.24) is 0 Å². The summed E-state index contributed by atoms with van der Waals surface area (Å²) in [5.74, 6) is 2.42. The molecule has 1 aliphatic carbocycles. The number of hydrogen-bond acceptors (Lipinski definition) is 2. The van der Waals surface area contributed by atoms with Crippen LogP contribution < -0.4 is 0 Å². The van der Waals surface area contributed by atoms with Crippen molar-refractivity contribution in [2.45, 2.75) is 96.7 Å². The lowest BCUT2D eigenvalue weighted by molar-refractivity contribution is 0.464. The first kappa shape index (κ1) is 21.5. The molecule has 0 amide bonds. The molecule has 3 atom stereocenters. The van der Waals surface area contributed by atoms with E-state index in [9.17, 15) is 8.42 Å². The van der Waals surface area contributed by atoms with Gasteiger partial charge >= 0.3 is 0 Å². The van der Waals surface area contributed by atoms with E-state index >= 15 is 0 Å². The van der Waals surface area contributed by atoms with Crippen molar-refractivity contribution in [3.05, 3.63) is 34.9 Å². The van der Waals surface area contributed by atoms with Crippen LogP contribution >= 0.6 is 0 Å². The Labute approximate surface area is 161 Å². The normalized spacial score (nSPS) is 23.2. The van der Waals surface area contributed by atoms with E-state index in [-0.39, 0.29) is 0 Å². The molecule has 0 aromatic heterocycles. The van der Waals surface area contributed by atoms with Gasteiger partial charge in [0.1, 0.15) is 0 Å². The van der Waals surface area contributed by atoms with Gasteiger partial charge in [-0.3, -0.25) is 0 Å². The van der Waals surface area contributed by atoms with E-state index in [1.54, 1.807) is 31.9 Å². The molecule has 148 valence electrons. The third-order valence-corrected chi connectivity index (χ3v) is 9.21. The summed E-state index contributed by atoms with van der Waals surface area (Å²) >= 11 is 0. The molecule has 0 heterocycles. The fourth-order valence-electron chi connectivity index (χ4n) is 4.05. The molecule has 0 radical (unpaired) electrons. The van der Waals surface area contributed by atoms with Crippen LogP contribution in [-0.4, -0.2) is 18.9 Å². The highest BCUT2D eigenvalue weighted by molar-refractivity contribution is 7.92. The van der Waals surface area contributed by atoms with Crippen LogP contribution in [0.4, 0.5) is 0 Å². The molecule has 2 rings (SSSR count). The lowest BCUT2D eigenvalue weighted by Gasteiger charge is -2.18. The van der Waals surface area contributed by atoms with Gasteiger partial charge in [0.2, 0.25) is 0 Å². The van der Waals surface area contributed by atoms with Crippen LogP contribution in [0.5, 0.6) is 0 Å². The zero-order chi connectivity index (χ0) is 19.5. The first-order chi connectivity index (χ1) is 12.0. The number of hydrogen-bond donors (Lipinski definition) is 0. The van der Waals surface area contributed by atoms with Crippen molar-refractivity contribution in [3.8, 4) is 0 Å². The van der Waals surface area contributed by atoms with Crippen molar-refractivity contribution < 1.29 is 8.42 Å². The van der Waals surface area contributed by atoms with Crippen molar-refractivity contribution in [3.63, 3.8) is 0 Å². The van der Waals surface area contributed by atoms with Crippen LogP contribution in [0.2, 0.25) is 0 Å². The highest BCUT2D eigenvalue weighted by Crippen LogP contribution is 2.46. The van der Waals surface area contributed by atoms with E-state index in [4.69, 9.17) is 0 Å². The summed E-state index contributed by atoms with van der Waals surface area (Å²) in [5, 5.41) is 0. The molecule has 0 aliphatic heterocycles. The summed E-state index contributed by atoms with van der Waals surface area (Å²) in [5.41, 5.74) is 4.58. The van der Waals surface area contributed by atoms with Crippen LogP contribution in [-0.2, 0) is 16.3 Å². The molecule has 2 nitrogen and oxygen atoms in total. The van der Waals surface area contributed by atoms with Gasteiger partial charge in [-0.2, -0.15) is 0 Å². The SMILES string of the molecule is CC1c2ccc(CCCCCCCS(=O)(=O)C(C)(C)C)cc2C(C)C1C. The Morgan fingerprint density at radius 3 is 2.08 bits per heavy atom. The zero-order valence-corrected chi connectivity index (χ0v) is 18.5. The zero-order valence-electron chi connectivity index (χ0n) is 17.6. The summed E-state index contributed by atoms with van der Waals surface area (Å²) in [4.78, 5) is 0. The van der Waals surface area contributed by atoms with E-state index in [0.717, 1.165) is 31.6 Å². The molecule has 0 spiro atoms. The van der Waals surface area contributed by atoms with Crippen LogP contribution in [0, 0.1) is 5.92 Å². The molecule has 1 aliphatic rings. The first-order valence-corrected chi connectivity index (χ1v) is 12.0. The molecule has 0 fully saturated rings. The molecule has 0 saturated carbocycles. The van der Waals surface area contributed by atoms with Gasteiger partial charge in [-0.25, -0.2) is 8.42 Å². The largest absolute Gasteiger partial charge is 0.228 e. The Morgan fingerprint density at radius 2 is 1.42 bits per heavy atom. The summed E-state index contributed by atoms with van der Waals surface area (Å²) in [6, 6.07) is 7.11. The Kier molecular flexibility index (Phi) is 6.98. The number of rotatable bonds is 8. The number of aryl methyl sites for hydroxylation is 1. The minimum Gasteiger partial charge on any atom is -0.228 e. The highest BCUT2D eigenvalue weighted by atomic mass is 32.2. The summed E-state index contributed by atoms with van der Waals surface area (Å²) in [6.45, 7) is 12.5. The van der Waals surface area contributed by atoms with E-state index in [1.807, 2.05) is 0 Å². The predicted octanol–water partition coefficient (Wildman–Crippen LogP) is 6.25. The second-order valence-corrected chi connectivity index (χ2v) is 12.2. The van der Waals surface area contributed by atoms with Crippen molar-refractivity contribution >= 4 is 9.84 Å². The van der Waals surface area contributed by atoms with E-state index in [2.05, 4.69) is 39.0 Å². The molecular formula is C23H38O2S. The van der Waals surface area contributed by atoms with Crippen LogP contribution in [0.25, 0.3) is 0 Å². The van der Waals surface area contributed by atoms with Crippen molar-refractivity contribution in [1.29, 1.82) is 0 Å². The molecule has 1 aromatic carbocycles. The van der Waals surface area contributed by atoms with Crippen LogP contribution in [0.3, 0.4) is 0 Å². The quantitative estimate of drug-likeness (QED) is 0.501. The molecule has 3 unspecified atom stereocenters. The molecule has 1 aromatic rings. The Hall–Kier alpha value is -0.830. The molecular weight excluding hydrogens is 340 g/mol. The van der Waals surface area contributed by atoms with Gasteiger partial charge in [0, 0.05) is 0 Å². The summed E-state index contributed by atoms with van der Waals surface area (Å²) in [6.07, 6.45) is 6.48. The average molecular weight is 379 g/mol. The topological polar surface area (TPSA) is 34.1 Å². The van der Waals surface area contributed by atoms with Gasteiger partial charge in [-0.1, -0.05) is 58.2 Å². The summed E-state index contributed by atoms with van der Waals surface area (Å²) < 4.78 is 23.6. The van der Waals surface area contributed by atoms with E-state index in [1.165, 1.54) is 18.4 Å². The Morgan fingerprint density at radius 1 is 0.846 bits per heavy atom. The highest BCUT2D eigenvalue weighted by Gasteiger charge is 2.32. The van der Waals surface area contributed by atoms with Gasteiger partial charge in [0.05, 0.1) is 10.5 Å². The third-order valence-electron chi connectivity index (χ3n) is 6.52. The first-order valence-electron chi connectivity index (χ1n) is 10.4. The van der Waals surface area contributed by atoms with E-state index in [0.29, 0.717) is 17.6 Å². The standard InChI is InChI=1S/C23H38O2S/c1-17-18(2)21-14-13-20(16-22(21)19(17)3)12-10-8-7-9-11-15-26(24,25)23(4,5)6/h13-14,16-19H,7-12,15H2,1-6H3. The fourth-order valence-corrected chi connectivity index (χ4v) is 5.24. The van der Waals surface area contributed by atoms with Crippen molar-refractivity contribution in [2.24, 2.45) is 5.92 Å². The smallest absolute Gasteiger partial charge is 0.155 e. The number of sulfone groups is 1.